The van der Waals surface area contributed by atoms with Crippen molar-refractivity contribution in [2.24, 2.45) is 5.73 Å². The summed E-state index contributed by atoms with van der Waals surface area (Å²) in [4.78, 5) is 47.9. The lowest BCUT2D eigenvalue weighted by molar-refractivity contribution is -0.131. The number of primary amides is 1. The number of nitrogens with two attached hydrogens (primary N) is 1. The van der Waals surface area contributed by atoms with Gasteiger partial charge in [0.1, 0.15) is 0 Å². The summed E-state index contributed by atoms with van der Waals surface area (Å²) in [6.07, 6.45) is 3.81. The van der Waals surface area contributed by atoms with Gasteiger partial charge in [-0.25, -0.2) is 9.97 Å². The highest BCUT2D eigenvalue weighted by Crippen LogP contribution is 2.20. The van der Waals surface area contributed by atoms with E-state index in [9.17, 15) is 14.4 Å². The molecule has 10 nitrogen and oxygen atoms in total. The summed E-state index contributed by atoms with van der Waals surface area (Å²) in [5.74, 6) is -0.815. The Bertz CT molecular complexity index is 1070. The van der Waals surface area contributed by atoms with Crippen LogP contribution in [-0.4, -0.2) is 78.3 Å². The van der Waals surface area contributed by atoms with Crippen LogP contribution in [0.4, 0.5) is 11.5 Å². The maximum absolute atomic E-state index is 12.2. The first-order valence-electron chi connectivity index (χ1n) is 10.9. The standard InChI is InChI=1S/C24H33N7O3/c1-16-17(2)28-24(22(27-16)23(25)34)29-19-9-6-8-18(14-19)11-12-26-20(32)15-31(5)21(33)10-7-13-30(3)4/h6-10,14H,11-13,15H2,1-5H3,(H2,25,34)(H,26,32)(H,28,29)/b10-7+. The Kier molecular flexibility index (Phi) is 9.69. The van der Waals surface area contributed by atoms with Crippen LogP contribution in [-0.2, 0) is 16.0 Å². The molecule has 0 aliphatic rings. The van der Waals surface area contributed by atoms with Crippen LogP contribution in [0.5, 0.6) is 0 Å². The van der Waals surface area contributed by atoms with E-state index >= 15 is 0 Å². The first kappa shape index (κ1) is 26.5. The average molecular weight is 468 g/mol. The summed E-state index contributed by atoms with van der Waals surface area (Å²) in [6.45, 7) is 4.62. The number of nitrogens with zero attached hydrogens (tertiary/aromatic N) is 4. The number of carbonyl (C=O) groups is 3. The van der Waals surface area contributed by atoms with Crippen molar-refractivity contribution in [3.63, 3.8) is 0 Å². The van der Waals surface area contributed by atoms with Gasteiger partial charge in [0.15, 0.2) is 11.5 Å². The highest BCUT2D eigenvalue weighted by Gasteiger charge is 2.15. The molecule has 0 unspecified atom stereocenters. The van der Waals surface area contributed by atoms with Gasteiger partial charge < -0.3 is 26.2 Å². The van der Waals surface area contributed by atoms with Gasteiger partial charge in [-0.1, -0.05) is 18.2 Å². The van der Waals surface area contributed by atoms with Crippen LogP contribution in [0.2, 0.25) is 0 Å². The van der Waals surface area contributed by atoms with Crippen molar-refractivity contribution < 1.29 is 14.4 Å². The summed E-state index contributed by atoms with van der Waals surface area (Å²) in [5.41, 5.74) is 8.56. The lowest BCUT2D eigenvalue weighted by atomic mass is 10.1. The molecule has 34 heavy (non-hydrogen) atoms. The third kappa shape index (κ3) is 8.28. The van der Waals surface area contributed by atoms with Gasteiger partial charge in [-0.15, -0.1) is 0 Å². The topological polar surface area (TPSA) is 134 Å². The van der Waals surface area contributed by atoms with Crippen molar-refractivity contribution in [2.45, 2.75) is 20.3 Å². The van der Waals surface area contributed by atoms with E-state index in [0.717, 1.165) is 11.3 Å². The number of likely N-dealkylation sites (N-methyl/N-ethyl adjacent to an activating group) is 2. The monoisotopic (exact) mass is 467 g/mol. The fraction of sp³-hybridized carbons (Fsp3) is 0.375. The molecule has 0 radical (unpaired) electrons. The number of rotatable bonds is 11. The number of aromatic nitrogens is 2. The zero-order chi connectivity index (χ0) is 25.3. The summed E-state index contributed by atoms with van der Waals surface area (Å²) in [5, 5.41) is 5.94. The molecule has 182 valence electrons. The van der Waals surface area contributed by atoms with E-state index in [0.29, 0.717) is 36.7 Å². The Morgan fingerprint density at radius 3 is 2.47 bits per heavy atom. The number of nitrogens with one attached hydrogen (secondary N) is 2. The van der Waals surface area contributed by atoms with Gasteiger partial charge in [0, 0.05) is 31.9 Å². The van der Waals surface area contributed by atoms with E-state index in [1.54, 1.807) is 20.0 Å². The molecule has 0 fully saturated rings. The molecular formula is C24H33N7O3. The van der Waals surface area contributed by atoms with Crippen molar-refractivity contribution in [1.82, 2.24) is 25.1 Å². The van der Waals surface area contributed by atoms with E-state index < -0.39 is 5.91 Å². The van der Waals surface area contributed by atoms with Gasteiger partial charge >= 0.3 is 0 Å². The maximum atomic E-state index is 12.2. The molecule has 0 bridgehead atoms. The Labute approximate surface area is 200 Å². The molecule has 2 aromatic rings. The van der Waals surface area contributed by atoms with Crippen LogP contribution in [0.15, 0.2) is 36.4 Å². The molecule has 0 saturated heterocycles. The van der Waals surface area contributed by atoms with E-state index in [1.165, 1.54) is 11.0 Å². The predicted octanol–water partition coefficient (Wildman–Crippen LogP) is 1.17. The quantitative estimate of drug-likeness (QED) is 0.422. The molecule has 0 aliphatic carbocycles. The van der Waals surface area contributed by atoms with Gasteiger partial charge in [0.05, 0.1) is 17.9 Å². The molecule has 0 aliphatic heterocycles. The van der Waals surface area contributed by atoms with Gasteiger partial charge in [-0.2, -0.15) is 0 Å². The lowest BCUT2D eigenvalue weighted by Crippen LogP contribution is -2.38. The predicted molar refractivity (Wildman–Crippen MR) is 132 cm³/mol. The Morgan fingerprint density at radius 1 is 1.09 bits per heavy atom. The molecule has 1 aromatic carbocycles. The zero-order valence-corrected chi connectivity index (χ0v) is 20.4. The molecule has 1 aromatic heterocycles. The second-order valence-electron chi connectivity index (χ2n) is 8.24. The molecule has 3 amide bonds. The second-order valence-corrected chi connectivity index (χ2v) is 8.24. The normalized spacial score (nSPS) is 11.0. The van der Waals surface area contributed by atoms with Crippen LogP contribution in [0.25, 0.3) is 0 Å². The van der Waals surface area contributed by atoms with Crippen LogP contribution in [0.1, 0.15) is 27.4 Å². The number of aryl methyl sites for hydroxylation is 2. The summed E-state index contributed by atoms with van der Waals surface area (Å²) in [6, 6.07) is 7.54. The molecule has 0 spiro atoms. The highest BCUT2D eigenvalue weighted by atomic mass is 16.2. The van der Waals surface area contributed by atoms with Gasteiger partial charge in [0.2, 0.25) is 11.8 Å². The lowest BCUT2D eigenvalue weighted by Gasteiger charge is -2.15. The van der Waals surface area contributed by atoms with Gasteiger partial charge in [-0.3, -0.25) is 14.4 Å². The van der Waals surface area contributed by atoms with Crippen molar-refractivity contribution in [1.29, 1.82) is 0 Å². The Hall–Kier alpha value is -3.79. The molecular weight excluding hydrogens is 434 g/mol. The third-order valence-electron chi connectivity index (χ3n) is 4.95. The highest BCUT2D eigenvalue weighted by molar-refractivity contribution is 5.96. The first-order valence-corrected chi connectivity index (χ1v) is 10.9. The van der Waals surface area contributed by atoms with E-state index in [2.05, 4.69) is 20.6 Å². The number of hydrogen-bond acceptors (Lipinski definition) is 7. The SMILES string of the molecule is Cc1nc(Nc2cccc(CCNC(=O)CN(C)C(=O)/C=C/CN(C)C)c2)c(C(N)=O)nc1C. The van der Waals surface area contributed by atoms with E-state index in [4.69, 9.17) is 5.73 Å². The number of anilines is 2. The smallest absolute Gasteiger partial charge is 0.271 e. The molecule has 4 N–H and O–H groups in total. The summed E-state index contributed by atoms with van der Waals surface area (Å²) >= 11 is 0. The van der Waals surface area contributed by atoms with Crippen LogP contribution in [0.3, 0.4) is 0 Å². The van der Waals surface area contributed by atoms with Crippen molar-refractivity contribution in [2.75, 3.05) is 46.1 Å². The third-order valence-corrected chi connectivity index (χ3v) is 4.95. The first-order chi connectivity index (χ1) is 16.1. The number of benzene rings is 1. The molecule has 0 atom stereocenters. The fourth-order valence-electron chi connectivity index (χ4n) is 2.99. The Morgan fingerprint density at radius 2 is 1.79 bits per heavy atom. The van der Waals surface area contributed by atoms with Crippen molar-refractivity contribution in [3.05, 3.63) is 59.1 Å². The zero-order valence-electron chi connectivity index (χ0n) is 20.4. The van der Waals surface area contributed by atoms with Gasteiger partial charge in [0.25, 0.3) is 5.91 Å². The minimum Gasteiger partial charge on any atom is -0.364 e. The minimum absolute atomic E-state index is 0.0198. The Balaban J connectivity index is 1.90. The molecule has 10 heteroatoms. The average Bonchev–Trinajstić information content (AvgIpc) is 2.75. The number of hydrogen-bond donors (Lipinski definition) is 3. The molecule has 2 rings (SSSR count). The van der Waals surface area contributed by atoms with Crippen LogP contribution < -0.4 is 16.4 Å². The summed E-state index contributed by atoms with van der Waals surface area (Å²) < 4.78 is 0. The largest absolute Gasteiger partial charge is 0.364 e. The van der Waals surface area contributed by atoms with E-state index in [1.807, 2.05) is 50.2 Å². The fourth-order valence-corrected chi connectivity index (χ4v) is 2.99. The number of carbonyl (C=O) groups excluding carboxylic acids is 3. The summed E-state index contributed by atoms with van der Waals surface area (Å²) in [7, 11) is 5.41. The van der Waals surface area contributed by atoms with Gasteiger partial charge in [-0.05, 0) is 52.1 Å². The second kappa shape index (κ2) is 12.4. The van der Waals surface area contributed by atoms with Crippen molar-refractivity contribution in [3.8, 4) is 0 Å². The molecule has 1 heterocycles. The van der Waals surface area contributed by atoms with Crippen LogP contribution in [0, 0.1) is 13.8 Å². The minimum atomic E-state index is -0.659. The molecule has 0 saturated carbocycles. The maximum Gasteiger partial charge on any atom is 0.271 e. The van der Waals surface area contributed by atoms with Crippen molar-refractivity contribution >= 4 is 29.2 Å². The van der Waals surface area contributed by atoms with E-state index in [-0.39, 0.29) is 24.1 Å². The number of amides is 3. The van der Waals surface area contributed by atoms with Crippen LogP contribution >= 0.6 is 0 Å².